The molecule has 2 aromatic carbocycles. The minimum atomic E-state index is -4.02. The van der Waals surface area contributed by atoms with E-state index in [0.717, 1.165) is 5.56 Å². The molecule has 3 heterocycles. The quantitative estimate of drug-likeness (QED) is 0.393. The molecule has 0 amide bonds. The van der Waals surface area contributed by atoms with E-state index in [4.69, 9.17) is 15.2 Å². The van der Waals surface area contributed by atoms with Gasteiger partial charge in [-0.25, -0.2) is 18.4 Å². The number of rotatable bonds is 6. The van der Waals surface area contributed by atoms with Crippen molar-refractivity contribution in [2.75, 3.05) is 30.8 Å². The molecule has 10 nitrogen and oxygen atoms in total. The lowest BCUT2D eigenvalue weighted by atomic mass is 10.0. The van der Waals surface area contributed by atoms with E-state index in [1.807, 2.05) is 13.0 Å². The Balaban J connectivity index is 1.58. The van der Waals surface area contributed by atoms with Gasteiger partial charge >= 0.3 is 0 Å². The summed E-state index contributed by atoms with van der Waals surface area (Å²) in [6.45, 7) is 2.98. The predicted molar refractivity (Wildman–Crippen MR) is 141 cm³/mol. The zero-order chi connectivity index (χ0) is 26.2. The Morgan fingerprint density at radius 2 is 1.89 bits per heavy atom. The summed E-state index contributed by atoms with van der Waals surface area (Å²) in [6.07, 6.45) is 2.86. The Labute approximate surface area is 214 Å². The van der Waals surface area contributed by atoms with Crippen molar-refractivity contribution < 1.29 is 17.9 Å². The molecule has 1 saturated heterocycles. The molecule has 1 aliphatic heterocycles. The molecule has 0 saturated carbocycles. The maximum absolute atomic E-state index is 13.5. The number of hydrogen-bond donors (Lipinski definition) is 2. The van der Waals surface area contributed by atoms with Crippen molar-refractivity contribution in [1.82, 2.24) is 14.5 Å². The van der Waals surface area contributed by atoms with Gasteiger partial charge in [0.1, 0.15) is 4.90 Å². The summed E-state index contributed by atoms with van der Waals surface area (Å²) >= 11 is 0. The lowest BCUT2D eigenvalue weighted by Crippen LogP contribution is -2.31. The van der Waals surface area contributed by atoms with Crippen LogP contribution in [0.2, 0.25) is 0 Å². The van der Waals surface area contributed by atoms with Gasteiger partial charge in [-0.3, -0.25) is 14.1 Å². The Morgan fingerprint density at radius 3 is 2.62 bits per heavy atom. The maximum atomic E-state index is 13.5. The highest BCUT2D eigenvalue weighted by Crippen LogP contribution is 2.31. The van der Waals surface area contributed by atoms with Gasteiger partial charge in [-0.05, 0) is 61.2 Å². The van der Waals surface area contributed by atoms with Gasteiger partial charge in [0, 0.05) is 36.7 Å². The zero-order valence-corrected chi connectivity index (χ0v) is 21.3. The fourth-order valence-corrected chi connectivity index (χ4v) is 5.74. The minimum Gasteiger partial charge on any atom is -0.480 e. The molecule has 0 aliphatic carbocycles. The Kier molecular flexibility index (Phi) is 6.57. The first-order valence-electron chi connectivity index (χ1n) is 11.8. The average molecular weight is 522 g/mol. The van der Waals surface area contributed by atoms with Crippen molar-refractivity contribution >= 4 is 32.6 Å². The number of benzene rings is 2. The summed E-state index contributed by atoms with van der Waals surface area (Å²) in [5.74, 6) is 0.125. The molecule has 0 atom stereocenters. The second-order valence-electron chi connectivity index (χ2n) is 8.93. The van der Waals surface area contributed by atoms with Gasteiger partial charge in [0.05, 0.1) is 18.0 Å². The number of nitrogens with one attached hydrogen (secondary N) is 1. The fourth-order valence-electron chi connectivity index (χ4n) is 4.55. The summed E-state index contributed by atoms with van der Waals surface area (Å²) in [4.78, 5) is 22.0. The highest BCUT2D eigenvalue weighted by molar-refractivity contribution is 7.92. The third-order valence-corrected chi connectivity index (χ3v) is 7.76. The number of aryl methyl sites for hydroxylation is 1. The van der Waals surface area contributed by atoms with Gasteiger partial charge in [0.25, 0.3) is 15.6 Å². The second-order valence-corrected chi connectivity index (χ2v) is 10.6. The molecule has 0 bridgehead atoms. The molecule has 2 aromatic heterocycles. The van der Waals surface area contributed by atoms with Crippen LogP contribution in [-0.2, 0) is 14.8 Å². The van der Waals surface area contributed by atoms with Crippen LogP contribution in [0, 0.1) is 6.92 Å². The topological polar surface area (TPSA) is 138 Å². The number of nitrogens with two attached hydrogens (primary N) is 1. The lowest BCUT2D eigenvalue weighted by Gasteiger charge is -2.25. The highest BCUT2D eigenvalue weighted by atomic mass is 32.2. The van der Waals surface area contributed by atoms with Crippen molar-refractivity contribution in [3.05, 3.63) is 70.6 Å². The van der Waals surface area contributed by atoms with Gasteiger partial charge in [-0.15, -0.1) is 0 Å². The first-order valence-corrected chi connectivity index (χ1v) is 13.3. The third-order valence-electron chi connectivity index (χ3n) is 6.39. The van der Waals surface area contributed by atoms with E-state index < -0.39 is 10.0 Å². The van der Waals surface area contributed by atoms with E-state index in [9.17, 15) is 13.2 Å². The summed E-state index contributed by atoms with van der Waals surface area (Å²) in [5, 5.41) is 0.385. The Bertz CT molecular complexity index is 1650. The molecule has 5 rings (SSSR count). The number of hydrogen-bond acceptors (Lipinski definition) is 8. The molecule has 0 spiro atoms. The van der Waals surface area contributed by atoms with Crippen LogP contribution in [0.5, 0.6) is 5.88 Å². The van der Waals surface area contributed by atoms with E-state index in [2.05, 4.69) is 14.7 Å². The number of aromatic nitrogens is 3. The second kappa shape index (κ2) is 9.83. The maximum Gasteiger partial charge on any atom is 0.267 e. The molecule has 1 fully saturated rings. The number of fused-ring (bicyclic) bond motifs is 1. The molecule has 1 aliphatic rings. The first-order chi connectivity index (χ1) is 17.8. The molecule has 192 valence electrons. The van der Waals surface area contributed by atoms with Crippen LogP contribution in [-0.4, -0.2) is 43.3 Å². The van der Waals surface area contributed by atoms with Crippen LogP contribution >= 0.6 is 0 Å². The zero-order valence-electron chi connectivity index (χ0n) is 20.5. The largest absolute Gasteiger partial charge is 0.480 e. The van der Waals surface area contributed by atoms with Crippen molar-refractivity contribution in [3.63, 3.8) is 0 Å². The van der Waals surface area contributed by atoms with Crippen LogP contribution in [0.3, 0.4) is 0 Å². The summed E-state index contributed by atoms with van der Waals surface area (Å²) < 4.78 is 41.3. The number of ether oxygens (including phenoxy) is 2. The Hall–Kier alpha value is -3.96. The molecular formula is C26H27N5O5S. The Morgan fingerprint density at radius 1 is 1.11 bits per heavy atom. The number of pyridine rings is 1. The molecular weight excluding hydrogens is 494 g/mol. The van der Waals surface area contributed by atoms with E-state index in [-0.39, 0.29) is 28.3 Å². The SMILES string of the molecule is COc1ncc(-c2ccc3nc(N)n(C4CCOCC4)c(=O)c3c2)cc1S(=O)(=O)Nc1cccc(C)c1. The van der Waals surface area contributed by atoms with Crippen LogP contribution in [0.25, 0.3) is 22.0 Å². The van der Waals surface area contributed by atoms with Gasteiger partial charge < -0.3 is 15.2 Å². The molecule has 0 radical (unpaired) electrons. The van der Waals surface area contributed by atoms with E-state index in [1.165, 1.54) is 23.9 Å². The normalized spacial score (nSPS) is 14.5. The van der Waals surface area contributed by atoms with Crippen LogP contribution in [0.15, 0.2) is 64.4 Å². The summed E-state index contributed by atoms with van der Waals surface area (Å²) in [6, 6.07) is 13.6. The number of nitrogens with zero attached hydrogens (tertiary/aromatic N) is 3. The van der Waals surface area contributed by atoms with E-state index in [0.29, 0.717) is 53.8 Å². The van der Waals surface area contributed by atoms with Gasteiger partial charge in [-0.1, -0.05) is 18.2 Å². The first kappa shape index (κ1) is 24.7. The molecule has 3 N–H and O–H groups in total. The number of methoxy groups -OCH3 is 1. The van der Waals surface area contributed by atoms with E-state index in [1.54, 1.807) is 36.4 Å². The molecule has 0 unspecified atom stereocenters. The average Bonchev–Trinajstić information content (AvgIpc) is 2.88. The number of sulfonamides is 1. The van der Waals surface area contributed by atoms with Crippen LogP contribution < -0.4 is 20.8 Å². The minimum absolute atomic E-state index is 0.0407. The summed E-state index contributed by atoms with van der Waals surface area (Å²) in [7, 11) is -2.67. The van der Waals surface area contributed by atoms with Crippen molar-refractivity contribution in [3.8, 4) is 17.0 Å². The van der Waals surface area contributed by atoms with Crippen LogP contribution in [0.1, 0.15) is 24.4 Å². The molecule has 37 heavy (non-hydrogen) atoms. The van der Waals surface area contributed by atoms with Gasteiger partial charge in [0.15, 0.2) is 0 Å². The van der Waals surface area contributed by atoms with Crippen molar-refractivity contribution in [2.24, 2.45) is 0 Å². The standard InChI is InChI=1S/C26H27N5O5S/c1-16-4-3-5-19(12-16)30-37(33,34)23-14-18(15-28-24(23)35-2)17-6-7-22-21(13-17)25(32)31(26(27)29-22)20-8-10-36-11-9-20/h3-7,12-15,20,30H,8-11H2,1-2H3,(H2,27,29). The number of nitrogen functional groups attached to an aromatic ring is 1. The monoisotopic (exact) mass is 521 g/mol. The third kappa shape index (κ3) is 4.87. The molecule has 11 heteroatoms. The van der Waals surface area contributed by atoms with Gasteiger partial charge in [-0.2, -0.15) is 0 Å². The van der Waals surface area contributed by atoms with E-state index >= 15 is 0 Å². The number of anilines is 2. The fraction of sp³-hybridized carbons (Fsp3) is 0.269. The predicted octanol–water partition coefficient (Wildman–Crippen LogP) is 3.51. The summed E-state index contributed by atoms with van der Waals surface area (Å²) in [5.41, 5.74) is 8.82. The van der Waals surface area contributed by atoms with Crippen molar-refractivity contribution in [2.45, 2.75) is 30.7 Å². The highest BCUT2D eigenvalue weighted by Gasteiger charge is 2.24. The van der Waals surface area contributed by atoms with Gasteiger partial charge in [0.2, 0.25) is 11.8 Å². The smallest absolute Gasteiger partial charge is 0.267 e. The lowest BCUT2D eigenvalue weighted by molar-refractivity contribution is 0.0692. The van der Waals surface area contributed by atoms with Crippen molar-refractivity contribution in [1.29, 1.82) is 0 Å². The van der Waals surface area contributed by atoms with Crippen LogP contribution in [0.4, 0.5) is 11.6 Å². The molecule has 4 aromatic rings.